The average Bonchev–Trinajstić information content (AvgIpc) is 3.07. The highest BCUT2D eigenvalue weighted by atomic mass is 35.5. The monoisotopic (exact) mass is 391 g/mol. The molecular weight excluding hydrogens is 378 g/mol. The number of aromatic nitrogens is 1. The maximum Gasteiger partial charge on any atom is 0.195 e. The number of benzene rings is 4. The fraction of sp³-hybridized carbons (Fsp3) is 0. The molecule has 4 aromatic carbocycles. The molecule has 1 aromatic heterocycles. The van der Waals surface area contributed by atoms with E-state index in [-0.39, 0.29) is 5.78 Å². The van der Waals surface area contributed by atoms with Crippen molar-refractivity contribution >= 4 is 39.1 Å². The van der Waals surface area contributed by atoms with Gasteiger partial charge in [0.2, 0.25) is 0 Å². The van der Waals surface area contributed by atoms with Crippen molar-refractivity contribution in [1.29, 1.82) is 0 Å². The van der Waals surface area contributed by atoms with Gasteiger partial charge < -0.3 is 0 Å². The molecule has 1 aliphatic carbocycles. The Morgan fingerprint density at radius 1 is 0.690 bits per heavy atom. The zero-order chi connectivity index (χ0) is 19.5. The number of pyridine rings is 1. The number of ketones is 1. The summed E-state index contributed by atoms with van der Waals surface area (Å²) >= 11 is 6.11. The molecule has 0 atom stereocenters. The van der Waals surface area contributed by atoms with E-state index in [0.717, 1.165) is 55.2 Å². The molecule has 0 bridgehead atoms. The van der Waals surface area contributed by atoms with Crippen molar-refractivity contribution in [3.8, 4) is 22.4 Å². The van der Waals surface area contributed by atoms with Crippen molar-refractivity contribution in [3.05, 3.63) is 101 Å². The first kappa shape index (κ1) is 16.5. The Morgan fingerprint density at radius 3 is 2.24 bits per heavy atom. The van der Waals surface area contributed by atoms with E-state index in [2.05, 4.69) is 18.2 Å². The minimum Gasteiger partial charge on any atom is -0.289 e. The smallest absolute Gasteiger partial charge is 0.195 e. The van der Waals surface area contributed by atoms with Crippen LogP contribution < -0.4 is 0 Å². The van der Waals surface area contributed by atoms with E-state index in [1.807, 2.05) is 66.7 Å². The molecule has 1 aliphatic rings. The van der Waals surface area contributed by atoms with E-state index in [1.165, 1.54) is 0 Å². The molecule has 0 spiro atoms. The zero-order valence-electron chi connectivity index (χ0n) is 15.3. The third kappa shape index (κ3) is 2.30. The lowest BCUT2D eigenvalue weighted by Gasteiger charge is -2.13. The topological polar surface area (TPSA) is 30.0 Å². The first-order valence-corrected chi connectivity index (χ1v) is 9.86. The molecule has 136 valence electrons. The Morgan fingerprint density at radius 2 is 1.41 bits per heavy atom. The number of halogens is 1. The van der Waals surface area contributed by atoms with Crippen molar-refractivity contribution in [2.45, 2.75) is 0 Å². The second-order valence-corrected chi connectivity index (χ2v) is 7.71. The van der Waals surface area contributed by atoms with Crippen LogP contribution in [-0.4, -0.2) is 10.8 Å². The van der Waals surface area contributed by atoms with Crippen molar-refractivity contribution in [2.24, 2.45) is 0 Å². The van der Waals surface area contributed by atoms with Crippen molar-refractivity contribution in [3.63, 3.8) is 0 Å². The third-order valence-corrected chi connectivity index (χ3v) is 5.91. The van der Waals surface area contributed by atoms with Gasteiger partial charge in [0.25, 0.3) is 0 Å². The number of hydrogen-bond acceptors (Lipinski definition) is 2. The number of carbonyl (C=O) groups excluding carboxylic acids is 1. The minimum absolute atomic E-state index is 0.0644. The van der Waals surface area contributed by atoms with Crippen molar-refractivity contribution in [2.75, 3.05) is 0 Å². The molecule has 5 aromatic rings. The SMILES string of the molecule is O=C1c2ccccc2-c2c(-c3ccc(Cl)cc3)nc3ccc4ccccc4c3c21. The predicted molar refractivity (Wildman–Crippen MR) is 119 cm³/mol. The van der Waals surface area contributed by atoms with Crippen molar-refractivity contribution in [1.82, 2.24) is 4.98 Å². The van der Waals surface area contributed by atoms with Crippen LogP contribution in [0.15, 0.2) is 84.9 Å². The molecule has 1 heterocycles. The van der Waals surface area contributed by atoms with E-state index in [1.54, 1.807) is 0 Å². The predicted octanol–water partition coefficient (Wildman–Crippen LogP) is 6.92. The van der Waals surface area contributed by atoms with E-state index >= 15 is 0 Å². The van der Waals surface area contributed by atoms with E-state index in [4.69, 9.17) is 16.6 Å². The molecule has 0 radical (unpaired) electrons. The van der Waals surface area contributed by atoms with Crippen LogP contribution in [0.5, 0.6) is 0 Å². The van der Waals surface area contributed by atoms with Gasteiger partial charge in [-0.25, -0.2) is 4.98 Å². The van der Waals surface area contributed by atoms with Crippen LogP contribution in [0.25, 0.3) is 44.1 Å². The van der Waals surface area contributed by atoms with Gasteiger partial charge in [0.1, 0.15) is 0 Å². The number of carbonyl (C=O) groups is 1. The fourth-order valence-electron chi connectivity index (χ4n) is 4.38. The summed E-state index contributed by atoms with van der Waals surface area (Å²) in [6.07, 6.45) is 0. The summed E-state index contributed by atoms with van der Waals surface area (Å²) < 4.78 is 0. The summed E-state index contributed by atoms with van der Waals surface area (Å²) in [6.45, 7) is 0. The van der Waals surface area contributed by atoms with Crippen LogP contribution in [0, 0.1) is 0 Å². The second-order valence-electron chi connectivity index (χ2n) is 7.27. The summed E-state index contributed by atoms with van der Waals surface area (Å²) in [6, 6.07) is 27.7. The Kier molecular flexibility index (Phi) is 3.41. The quantitative estimate of drug-likeness (QED) is 0.285. The first-order valence-electron chi connectivity index (χ1n) is 9.48. The molecule has 0 aliphatic heterocycles. The molecule has 0 saturated carbocycles. The van der Waals surface area contributed by atoms with Crippen LogP contribution in [0.1, 0.15) is 15.9 Å². The summed E-state index contributed by atoms with van der Waals surface area (Å²) in [5.41, 5.74) is 5.94. The molecule has 0 unspecified atom stereocenters. The second kappa shape index (κ2) is 6.00. The lowest BCUT2D eigenvalue weighted by molar-refractivity contribution is 0.104. The average molecular weight is 392 g/mol. The van der Waals surface area contributed by atoms with Gasteiger partial charge in [-0.3, -0.25) is 4.79 Å². The molecule has 0 amide bonds. The highest BCUT2D eigenvalue weighted by Crippen LogP contribution is 2.46. The number of rotatable bonds is 1. The van der Waals surface area contributed by atoms with Crippen molar-refractivity contribution < 1.29 is 4.79 Å². The molecule has 0 fully saturated rings. The van der Waals surface area contributed by atoms with Gasteiger partial charge in [-0.15, -0.1) is 0 Å². The highest BCUT2D eigenvalue weighted by molar-refractivity contribution is 6.32. The molecule has 6 rings (SSSR count). The molecule has 3 heteroatoms. The Bertz CT molecular complexity index is 1470. The number of hydrogen-bond donors (Lipinski definition) is 0. The van der Waals surface area contributed by atoms with Crippen LogP contribution >= 0.6 is 11.6 Å². The lowest BCUT2D eigenvalue weighted by atomic mass is 9.93. The summed E-state index contributed by atoms with van der Waals surface area (Å²) in [4.78, 5) is 18.6. The normalized spacial score (nSPS) is 12.4. The van der Waals surface area contributed by atoms with Crippen LogP contribution in [-0.2, 0) is 0 Å². The standard InChI is InChI=1S/C26H14ClNO/c27-17-12-9-16(10-13-17)25-23-19-7-3-4-8-20(19)26(29)24(23)22-18-6-2-1-5-15(18)11-14-21(22)28-25/h1-14H. The maximum atomic E-state index is 13.5. The summed E-state index contributed by atoms with van der Waals surface area (Å²) in [5.74, 6) is 0.0644. The van der Waals surface area contributed by atoms with E-state index < -0.39 is 0 Å². The lowest BCUT2D eigenvalue weighted by Crippen LogP contribution is -1.99. The van der Waals surface area contributed by atoms with E-state index in [0.29, 0.717) is 5.02 Å². The van der Waals surface area contributed by atoms with Gasteiger partial charge in [-0.1, -0.05) is 78.3 Å². The number of fused-ring (bicyclic) bond motifs is 7. The number of nitrogens with zero attached hydrogens (tertiary/aromatic N) is 1. The fourth-order valence-corrected chi connectivity index (χ4v) is 4.50. The summed E-state index contributed by atoms with van der Waals surface area (Å²) in [5, 5.41) is 3.76. The molecular formula is C26H14ClNO. The third-order valence-electron chi connectivity index (χ3n) is 5.66. The van der Waals surface area contributed by atoms with Gasteiger partial charge in [0.15, 0.2) is 5.78 Å². The van der Waals surface area contributed by atoms with E-state index in [9.17, 15) is 4.79 Å². The molecule has 2 nitrogen and oxygen atoms in total. The van der Waals surface area contributed by atoms with Gasteiger partial charge in [0.05, 0.1) is 11.2 Å². The minimum atomic E-state index is 0.0644. The van der Waals surface area contributed by atoms with Gasteiger partial charge in [-0.05, 0) is 34.5 Å². The molecule has 0 N–H and O–H groups in total. The van der Waals surface area contributed by atoms with Crippen LogP contribution in [0.2, 0.25) is 5.02 Å². The first-order chi connectivity index (χ1) is 14.2. The largest absolute Gasteiger partial charge is 0.289 e. The van der Waals surface area contributed by atoms with Gasteiger partial charge >= 0.3 is 0 Å². The van der Waals surface area contributed by atoms with Gasteiger partial charge in [0, 0.05) is 32.7 Å². The van der Waals surface area contributed by atoms with Gasteiger partial charge in [-0.2, -0.15) is 0 Å². The highest BCUT2D eigenvalue weighted by Gasteiger charge is 2.32. The molecule has 29 heavy (non-hydrogen) atoms. The van der Waals surface area contributed by atoms with Crippen LogP contribution in [0.4, 0.5) is 0 Å². The molecule has 0 saturated heterocycles. The Balaban J connectivity index is 1.83. The zero-order valence-corrected chi connectivity index (χ0v) is 16.1. The Labute approximate surface area is 172 Å². The Hall–Kier alpha value is -3.49. The summed E-state index contributed by atoms with van der Waals surface area (Å²) in [7, 11) is 0. The maximum absolute atomic E-state index is 13.5. The van der Waals surface area contributed by atoms with Crippen LogP contribution in [0.3, 0.4) is 0 Å².